The van der Waals surface area contributed by atoms with Crippen LogP contribution in [0.4, 0.5) is 0 Å². The van der Waals surface area contributed by atoms with E-state index in [1.165, 1.54) is 12.8 Å². The van der Waals surface area contributed by atoms with Gasteiger partial charge >= 0.3 is 0 Å². The molecule has 0 radical (unpaired) electrons. The second-order valence-electron chi connectivity index (χ2n) is 7.64. The highest BCUT2D eigenvalue weighted by Gasteiger charge is 2.41. The third kappa shape index (κ3) is 4.82. The number of hydrogen-bond donors (Lipinski definition) is 0. The Balaban J connectivity index is 1.27. The number of carbonyl (C=O) groups is 1. The van der Waals surface area contributed by atoms with Crippen molar-refractivity contribution in [3.05, 3.63) is 60.2 Å². The van der Waals surface area contributed by atoms with Crippen LogP contribution in [0, 0.1) is 5.92 Å². The Bertz CT molecular complexity index is 751. The lowest BCUT2D eigenvalue weighted by molar-refractivity contribution is -0.136. The van der Waals surface area contributed by atoms with E-state index in [1.807, 2.05) is 54.6 Å². The summed E-state index contributed by atoms with van der Waals surface area (Å²) < 4.78 is 11.5. The Morgan fingerprint density at radius 3 is 2.19 bits per heavy atom. The van der Waals surface area contributed by atoms with Crippen molar-refractivity contribution in [2.24, 2.45) is 5.92 Å². The van der Waals surface area contributed by atoms with Crippen LogP contribution in [0.5, 0.6) is 11.5 Å². The molecule has 1 atom stereocenters. The van der Waals surface area contributed by atoms with Gasteiger partial charge in [-0.1, -0.05) is 30.3 Å². The largest absolute Gasteiger partial charge is 0.489 e. The first-order valence-corrected chi connectivity index (χ1v) is 9.91. The van der Waals surface area contributed by atoms with Gasteiger partial charge in [-0.15, -0.1) is 0 Å². The van der Waals surface area contributed by atoms with Crippen LogP contribution in [-0.4, -0.2) is 29.5 Å². The molecule has 142 valence electrons. The fourth-order valence-electron chi connectivity index (χ4n) is 3.51. The molecule has 0 saturated heterocycles. The number of carbonyl (C=O) groups excluding carboxylic acids is 1. The topological polar surface area (TPSA) is 38.8 Å². The summed E-state index contributed by atoms with van der Waals surface area (Å²) in [6, 6.07) is 18.3. The van der Waals surface area contributed by atoms with Crippen LogP contribution in [0.2, 0.25) is 0 Å². The third-order valence-electron chi connectivity index (χ3n) is 5.41. The molecule has 2 aliphatic rings. The molecule has 4 rings (SSSR count). The highest BCUT2D eigenvalue weighted by atomic mass is 16.5. The average Bonchev–Trinajstić information content (AvgIpc) is 3.59. The summed E-state index contributed by atoms with van der Waals surface area (Å²) in [6.45, 7) is 2.83. The van der Waals surface area contributed by atoms with E-state index in [0.717, 1.165) is 24.2 Å². The molecule has 0 aromatic heterocycles. The molecule has 2 saturated carbocycles. The van der Waals surface area contributed by atoms with Gasteiger partial charge in [0.05, 0.1) is 0 Å². The second kappa shape index (κ2) is 8.03. The van der Waals surface area contributed by atoms with E-state index < -0.39 is 0 Å². The maximum Gasteiger partial charge on any atom is 0.261 e. The number of nitrogens with zero attached hydrogens (tertiary/aromatic N) is 1. The van der Waals surface area contributed by atoms with Crippen molar-refractivity contribution in [3.63, 3.8) is 0 Å². The van der Waals surface area contributed by atoms with E-state index in [9.17, 15) is 4.79 Å². The molecule has 0 heterocycles. The summed E-state index contributed by atoms with van der Waals surface area (Å²) in [4.78, 5) is 14.8. The highest BCUT2D eigenvalue weighted by molar-refractivity contribution is 5.79. The minimum atomic E-state index is 0.109. The fourth-order valence-corrected chi connectivity index (χ4v) is 3.51. The average molecular weight is 365 g/mol. The molecule has 1 unspecified atom stereocenters. The maximum atomic E-state index is 12.7. The molecule has 0 spiro atoms. The lowest BCUT2D eigenvalue weighted by Gasteiger charge is -2.29. The van der Waals surface area contributed by atoms with Crippen molar-refractivity contribution in [2.45, 2.75) is 51.3 Å². The fraction of sp³-hybridized carbons (Fsp3) is 0.435. The van der Waals surface area contributed by atoms with Crippen LogP contribution in [0.25, 0.3) is 0 Å². The molecule has 0 aliphatic heterocycles. The minimum absolute atomic E-state index is 0.109. The Morgan fingerprint density at radius 1 is 0.963 bits per heavy atom. The van der Waals surface area contributed by atoms with E-state index in [1.54, 1.807) is 0 Å². The van der Waals surface area contributed by atoms with Crippen molar-refractivity contribution < 1.29 is 14.3 Å². The monoisotopic (exact) mass is 365 g/mol. The maximum absolute atomic E-state index is 12.7. The van der Waals surface area contributed by atoms with Crippen molar-refractivity contribution in [2.75, 3.05) is 6.61 Å². The number of hydrogen-bond acceptors (Lipinski definition) is 3. The molecule has 4 heteroatoms. The lowest BCUT2D eigenvalue weighted by Crippen LogP contribution is -2.44. The predicted molar refractivity (Wildman–Crippen MR) is 105 cm³/mol. The molecule has 2 aromatic carbocycles. The van der Waals surface area contributed by atoms with Crippen LogP contribution < -0.4 is 9.47 Å². The first-order chi connectivity index (χ1) is 13.2. The molecule has 0 N–H and O–H groups in total. The van der Waals surface area contributed by atoms with Gasteiger partial charge in [0, 0.05) is 12.1 Å². The Kier molecular flexibility index (Phi) is 5.33. The van der Waals surface area contributed by atoms with Gasteiger partial charge in [-0.3, -0.25) is 4.79 Å². The highest BCUT2D eigenvalue weighted by Crippen LogP contribution is 2.39. The van der Waals surface area contributed by atoms with Crippen LogP contribution in [0.3, 0.4) is 0 Å². The SMILES string of the molecule is CC(C1CC1)N(C(=O)COc1ccc(OCc2ccccc2)cc1)C1CC1. The minimum Gasteiger partial charge on any atom is -0.489 e. The second-order valence-corrected chi connectivity index (χ2v) is 7.64. The van der Waals surface area contributed by atoms with Gasteiger partial charge in [0.15, 0.2) is 6.61 Å². The standard InChI is InChI=1S/C23H27NO3/c1-17(19-7-8-19)24(20-9-10-20)23(25)16-27-22-13-11-21(12-14-22)26-15-18-5-3-2-4-6-18/h2-6,11-14,17,19-20H,7-10,15-16H2,1H3. The van der Waals surface area contributed by atoms with E-state index >= 15 is 0 Å². The molecule has 27 heavy (non-hydrogen) atoms. The van der Waals surface area contributed by atoms with Gasteiger partial charge in [0.1, 0.15) is 18.1 Å². The third-order valence-corrected chi connectivity index (χ3v) is 5.41. The van der Waals surface area contributed by atoms with E-state index in [4.69, 9.17) is 9.47 Å². The lowest BCUT2D eigenvalue weighted by atomic mass is 10.1. The van der Waals surface area contributed by atoms with Gasteiger partial charge in [-0.2, -0.15) is 0 Å². The van der Waals surface area contributed by atoms with Crippen LogP contribution >= 0.6 is 0 Å². The molecular weight excluding hydrogens is 338 g/mol. The van der Waals surface area contributed by atoms with Crippen LogP contribution in [0.1, 0.15) is 38.2 Å². The van der Waals surface area contributed by atoms with Gasteiger partial charge in [0.25, 0.3) is 5.91 Å². The van der Waals surface area contributed by atoms with Crippen molar-refractivity contribution in [1.29, 1.82) is 0 Å². The molecule has 4 nitrogen and oxygen atoms in total. The summed E-state index contributed by atoms with van der Waals surface area (Å²) in [5.74, 6) is 2.29. The van der Waals surface area contributed by atoms with E-state index in [0.29, 0.717) is 30.4 Å². The molecule has 2 fully saturated rings. The summed E-state index contributed by atoms with van der Waals surface area (Å²) >= 11 is 0. The van der Waals surface area contributed by atoms with Crippen LogP contribution in [-0.2, 0) is 11.4 Å². The summed E-state index contributed by atoms with van der Waals surface area (Å²) in [7, 11) is 0. The zero-order valence-electron chi connectivity index (χ0n) is 15.8. The van der Waals surface area contributed by atoms with Gasteiger partial charge in [-0.25, -0.2) is 0 Å². The van der Waals surface area contributed by atoms with Gasteiger partial charge in [-0.05, 0) is 68.4 Å². The Hall–Kier alpha value is -2.49. The first-order valence-electron chi connectivity index (χ1n) is 9.91. The predicted octanol–water partition coefficient (Wildman–Crippen LogP) is 4.43. The summed E-state index contributed by atoms with van der Waals surface area (Å²) in [5, 5.41) is 0. The zero-order valence-corrected chi connectivity index (χ0v) is 15.8. The summed E-state index contributed by atoms with van der Waals surface area (Å²) in [5.41, 5.74) is 1.13. The normalized spacial score (nSPS) is 17.2. The zero-order chi connectivity index (χ0) is 18.6. The number of ether oxygens (including phenoxy) is 2. The van der Waals surface area contributed by atoms with Gasteiger partial charge < -0.3 is 14.4 Å². The summed E-state index contributed by atoms with van der Waals surface area (Å²) in [6.07, 6.45) is 4.78. The first kappa shape index (κ1) is 17.9. The quantitative estimate of drug-likeness (QED) is 0.660. The molecule has 0 bridgehead atoms. The number of amides is 1. The molecular formula is C23H27NO3. The molecule has 2 aliphatic carbocycles. The van der Waals surface area contributed by atoms with Crippen molar-refractivity contribution >= 4 is 5.91 Å². The number of rotatable bonds is 9. The van der Waals surface area contributed by atoms with Crippen LogP contribution in [0.15, 0.2) is 54.6 Å². The molecule has 1 amide bonds. The Morgan fingerprint density at radius 2 is 1.59 bits per heavy atom. The Labute approximate surface area is 161 Å². The molecule has 2 aromatic rings. The van der Waals surface area contributed by atoms with Crippen molar-refractivity contribution in [3.8, 4) is 11.5 Å². The number of benzene rings is 2. The van der Waals surface area contributed by atoms with E-state index in [2.05, 4.69) is 11.8 Å². The van der Waals surface area contributed by atoms with Crippen molar-refractivity contribution in [1.82, 2.24) is 4.90 Å². The van der Waals surface area contributed by atoms with E-state index in [-0.39, 0.29) is 12.5 Å². The van der Waals surface area contributed by atoms with Gasteiger partial charge in [0.2, 0.25) is 0 Å². The smallest absolute Gasteiger partial charge is 0.261 e.